The number of carboxylic acid groups (broad SMARTS) is 1. The van der Waals surface area contributed by atoms with Gasteiger partial charge in [0.05, 0.1) is 12.1 Å². The van der Waals surface area contributed by atoms with Gasteiger partial charge < -0.3 is 10.0 Å². The van der Waals surface area contributed by atoms with E-state index in [-0.39, 0.29) is 18.9 Å². The number of aryl methyl sites for hydroxylation is 2. The Balaban J connectivity index is 2.52. The number of nitrogens with zero attached hydrogens (tertiary/aromatic N) is 3. The van der Waals surface area contributed by atoms with Gasteiger partial charge in [-0.25, -0.2) is 0 Å². The normalized spacial score (nSPS) is 10.5. The molecule has 0 spiro atoms. The average Bonchev–Trinajstić information content (AvgIpc) is 2.58. The summed E-state index contributed by atoms with van der Waals surface area (Å²) in [7, 11) is 3.51. The molecule has 0 bridgehead atoms. The second-order valence-corrected chi connectivity index (χ2v) is 4.73. The van der Waals surface area contributed by atoms with E-state index in [1.807, 2.05) is 25.6 Å². The van der Waals surface area contributed by atoms with E-state index in [4.69, 9.17) is 5.11 Å². The summed E-state index contributed by atoms with van der Waals surface area (Å²) >= 11 is 0. The van der Waals surface area contributed by atoms with Crippen molar-refractivity contribution >= 4 is 11.9 Å². The highest BCUT2D eigenvalue weighted by atomic mass is 16.4. The number of aliphatic carboxylic acids is 1. The highest BCUT2D eigenvalue weighted by Gasteiger charge is 2.14. The van der Waals surface area contributed by atoms with Crippen molar-refractivity contribution < 1.29 is 14.7 Å². The summed E-state index contributed by atoms with van der Waals surface area (Å²) in [5, 5.41) is 12.9. The molecule has 0 aliphatic rings. The Morgan fingerprint density at radius 1 is 1.32 bits per heavy atom. The first-order valence-corrected chi connectivity index (χ1v) is 6.27. The first-order valence-electron chi connectivity index (χ1n) is 6.27. The van der Waals surface area contributed by atoms with Crippen molar-refractivity contribution in [1.82, 2.24) is 14.7 Å². The van der Waals surface area contributed by atoms with Crippen LogP contribution in [0.5, 0.6) is 0 Å². The fourth-order valence-corrected chi connectivity index (χ4v) is 1.99. The van der Waals surface area contributed by atoms with Crippen LogP contribution in [0.3, 0.4) is 0 Å². The van der Waals surface area contributed by atoms with Crippen molar-refractivity contribution in [2.24, 2.45) is 7.05 Å². The van der Waals surface area contributed by atoms with Crippen molar-refractivity contribution in [3.8, 4) is 0 Å². The van der Waals surface area contributed by atoms with Crippen LogP contribution in [0.1, 0.15) is 29.8 Å². The molecule has 1 heterocycles. The highest BCUT2D eigenvalue weighted by Crippen LogP contribution is 2.14. The Labute approximate surface area is 113 Å². The Hall–Kier alpha value is -1.85. The molecule has 6 heteroatoms. The summed E-state index contributed by atoms with van der Waals surface area (Å²) in [5.74, 6) is -0.928. The van der Waals surface area contributed by atoms with Gasteiger partial charge in [0.2, 0.25) is 5.91 Å². The molecule has 1 amide bonds. The monoisotopic (exact) mass is 267 g/mol. The largest absolute Gasteiger partial charge is 0.481 e. The van der Waals surface area contributed by atoms with Gasteiger partial charge >= 0.3 is 5.97 Å². The van der Waals surface area contributed by atoms with Crippen LogP contribution >= 0.6 is 0 Å². The van der Waals surface area contributed by atoms with Crippen LogP contribution in [0.2, 0.25) is 0 Å². The SMILES string of the molecule is Cc1nn(C)c(C)c1CCC(=O)N(C)CCC(=O)O. The molecule has 19 heavy (non-hydrogen) atoms. The third-order valence-corrected chi connectivity index (χ3v) is 3.33. The summed E-state index contributed by atoms with van der Waals surface area (Å²) in [5.41, 5.74) is 3.11. The molecule has 1 rings (SSSR count). The Morgan fingerprint density at radius 3 is 2.42 bits per heavy atom. The summed E-state index contributed by atoms with van der Waals surface area (Å²) in [6.45, 7) is 4.16. The lowest BCUT2D eigenvalue weighted by atomic mass is 10.1. The number of carboxylic acids is 1. The second-order valence-electron chi connectivity index (χ2n) is 4.73. The Bertz CT molecular complexity index is 480. The zero-order chi connectivity index (χ0) is 14.6. The fraction of sp³-hybridized carbons (Fsp3) is 0.615. The van der Waals surface area contributed by atoms with Crippen molar-refractivity contribution in [3.05, 3.63) is 17.0 Å². The van der Waals surface area contributed by atoms with Crippen LogP contribution < -0.4 is 0 Å². The third-order valence-electron chi connectivity index (χ3n) is 3.33. The number of amides is 1. The molecule has 0 radical (unpaired) electrons. The maximum absolute atomic E-state index is 11.9. The zero-order valence-electron chi connectivity index (χ0n) is 11.9. The van der Waals surface area contributed by atoms with Gasteiger partial charge in [-0.05, 0) is 25.8 Å². The molecule has 0 fully saturated rings. The van der Waals surface area contributed by atoms with Gasteiger partial charge in [-0.3, -0.25) is 14.3 Å². The maximum Gasteiger partial charge on any atom is 0.305 e. The van der Waals surface area contributed by atoms with E-state index in [0.29, 0.717) is 12.8 Å². The van der Waals surface area contributed by atoms with Crippen LogP contribution in [-0.4, -0.2) is 45.3 Å². The minimum atomic E-state index is -0.890. The lowest BCUT2D eigenvalue weighted by Gasteiger charge is -2.15. The molecule has 0 unspecified atom stereocenters. The summed E-state index contributed by atoms with van der Waals surface area (Å²) in [6.07, 6.45) is 0.998. The van der Waals surface area contributed by atoms with E-state index < -0.39 is 5.97 Å². The van der Waals surface area contributed by atoms with Gasteiger partial charge in [0, 0.05) is 32.8 Å². The number of carbonyl (C=O) groups is 2. The molecule has 1 aromatic rings. The number of hydrogen-bond donors (Lipinski definition) is 1. The topological polar surface area (TPSA) is 75.4 Å². The van der Waals surface area contributed by atoms with Crippen LogP contribution in [0.15, 0.2) is 0 Å². The molecule has 0 aliphatic heterocycles. The molecule has 106 valence electrons. The molecular formula is C13H21N3O3. The highest BCUT2D eigenvalue weighted by molar-refractivity contribution is 5.77. The van der Waals surface area contributed by atoms with Crippen LogP contribution in [0.25, 0.3) is 0 Å². The molecule has 0 saturated heterocycles. The Morgan fingerprint density at radius 2 is 1.95 bits per heavy atom. The number of aromatic nitrogens is 2. The van der Waals surface area contributed by atoms with Gasteiger partial charge in [0.25, 0.3) is 0 Å². The predicted molar refractivity (Wildman–Crippen MR) is 70.9 cm³/mol. The fourth-order valence-electron chi connectivity index (χ4n) is 1.99. The molecule has 0 atom stereocenters. The number of rotatable bonds is 6. The first-order chi connectivity index (χ1) is 8.82. The molecule has 1 aromatic heterocycles. The van der Waals surface area contributed by atoms with Gasteiger partial charge in [-0.15, -0.1) is 0 Å². The van der Waals surface area contributed by atoms with Crippen LogP contribution in [0.4, 0.5) is 0 Å². The second kappa shape index (κ2) is 6.36. The number of hydrogen-bond acceptors (Lipinski definition) is 3. The first kappa shape index (κ1) is 15.2. The quantitative estimate of drug-likeness (QED) is 0.831. The lowest BCUT2D eigenvalue weighted by Crippen LogP contribution is -2.29. The van der Waals surface area contributed by atoms with Gasteiger partial charge in [-0.2, -0.15) is 5.10 Å². The van der Waals surface area contributed by atoms with Crippen molar-refractivity contribution in [3.63, 3.8) is 0 Å². The number of carbonyl (C=O) groups excluding carboxylic acids is 1. The minimum absolute atomic E-state index is 0.0206. The van der Waals surface area contributed by atoms with Crippen LogP contribution in [0, 0.1) is 13.8 Å². The summed E-state index contributed by atoms with van der Waals surface area (Å²) in [6, 6.07) is 0. The van der Waals surface area contributed by atoms with E-state index in [1.165, 1.54) is 4.90 Å². The standard InChI is InChI=1S/C13H21N3O3/c1-9-11(10(2)16(4)14-9)5-6-12(17)15(3)8-7-13(18)19/h5-8H2,1-4H3,(H,18,19). The van der Waals surface area contributed by atoms with E-state index in [0.717, 1.165) is 17.0 Å². The van der Waals surface area contributed by atoms with E-state index in [9.17, 15) is 9.59 Å². The van der Waals surface area contributed by atoms with Gasteiger partial charge in [0.1, 0.15) is 0 Å². The summed E-state index contributed by atoms with van der Waals surface area (Å²) < 4.78 is 1.81. The van der Waals surface area contributed by atoms with E-state index in [1.54, 1.807) is 7.05 Å². The lowest BCUT2D eigenvalue weighted by molar-refractivity contribution is -0.138. The van der Waals surface area contributed by atoms with Crippen LogP contribution in [-0.2, 0) is 23.1 Å². The molecule has 0 aliphatic carbocycles. The molecular weight excluding hydrogens is 246 g/mol. The van der Waals surface area contributed by atoms with E-state index in [2.05, 4.69) is 5.10 Å². The molecule has 6 nitrogen and oxygen atoms in total. The predicted octanol–water partition coefficient (Wildman–Crippen LogP) is 0.903. The minimum Gasteiger partial charge on any atom is -0.481 e. The van der Waals surface area contributed by atoms with E-state index >= 15 is 0 Å². The van der Waals surface area contributed by atoms with Crippen molar-refractivity contribution in [1.29, 1.82) is 0 Å². The van der Waals surface area contributed by atoms with Gasteiger partial charge in [-0.1, -0.05) is 0 Å². The molecule has 0 saturated carbocycles. The molecule has 0 aromatic carbocycles. The Kier molecular flexibility index (Phi) is 5.09. The maximum atomic E-state index is 11.9. The van der Waals surface area contributed by atoms with Crippen molar-refractivity contribution in [2.45, 2.75) is 33.1 Å². The third kappa shape index (κ3) is 4.08. The zero-order valence-corrected chi connectivity index (χ0v) is 11.9. The van der Waals surface area contributed by atoms with Gasteiger partial charge in [0.15, 0.2) is 0 Å². The van der Waals surface area contributed by atoms with Crippen molar-refractivity contribution in [2.75, 3.05) is 13.6 Å². The summed E-state index contributed by atoms with van der Waals surface area (Å²) in [4.78, 5) is 23.8. The smallest absolute Gasteiger partial charge is 0.305 e. The average molecular weight is 267 g/mol. The molecule has 1 N–H and O–H groups in total.